The van der Waals surface area contributed by atoms with Gasteiger partial charge in [0, 0.05) is 17.5 Å². The van der Waals surface area contributed by atoms with Crippen LogP contribution in [0.2, 0.25) is 5.02 Å². The second-order valence-electron chi connectivity index (χ2n) is 6.21. The van der Waals surface area contributed by atoms with Crippen molar-refractivity contribution in [1.82, 2.24) is 5.32 Å². The number of benzene rings is 1. The zero-order chi connectivity index (χ0) is 18.4. The molecule has 3 nitrogen and oxygen atoms in total. The molecule has 1 aliphatic rings. The topological polar surface area (TPSA) is 38.3 Å². The number of ether oxygens (including phenoxy) is 1. The number of rotatable bonds is 8. The van der Waals surface area contributed by atoms with E-state index in [2.05, 4.69) is 25.4 Å². The van der Waals surface area contributed by atoms with E-state index in [1.165, 1.54) is 6.08 Å². The first-order chi connectivity index (χ1) is 11.9. The van der Waals surface area contributed by atoms with Gasteiger partial charge >= 0.3 is 0 Å². The summed E-state index contributed by atoms with van der Waals surface area (Å²) >= 11 is 6.13. The highest BCUT2D eigenvalue weighted by Gasteiger charge is 2.40. The van der Waals surface area contributed by atoms with Crippen LogP contribution in [-0.4, -0.2) is 18.9 Å². The third-order valence-corrected chi connectivity index (χ3v) is 4.72. The maximum absolute atomic E-state index is 13.7. The number of halogens is 2. The van der Waals surface area contributed by atoms with E-state index in [1.807, 2.05) is 0 Å². The molecule has 1 fully saturated rings. The molecule has 1 aliphatic heterocycles. The van der Waals surface area contributed by atoms with E-state index >= 15 is 0 Å². The van der Waals surface area contributed by atoms with E-state index in [0.717, 1.165) is 31.9 Å². The minimum Gasteiger partial charge on any atom is -0.453 e. The average Bonchev–Trinajstić information content (AvgIpc) is 3.06. The van der Waals surface area contributed by atoms with Crippen LogP contribution in [0.15, 0.2) is 55.1 Å². The number of hydrogen-bond donors (Lipinski definition) is 1. The highest BCUT2D eigenvalue weighted by atomic mass is 35.5. The van der Waals surface area contributed by atoms with Crippen molar-refractivity contribution < 1.29 is 13.9 Å². The molecule has 1 saturated heterocycles. The van der Waals surface area contributed by atoms with Crippen molar-refractivity contribution in [3.8, 4) is 5.75 Å². The molecule has 0 bridgehead atoms. The molecule has 0 aliphatic carbocycles. The predicted octanol–water partition coefficient (Wildman–Crippen LogP) is 5.23. The standard InChI is InChI=1S/C20H23ClFNO2/c1-4-6-17(22)14(3)25-18-12-15(7-8-16(18)21)19(24)20(9-5-2)10-11-23-13-20/h4,6-8,12,23H,1,3,5,9-11,13H2,2H3/b17-6+. The van der Waals surface area contributed by atoms with Crippen LogP contribution in [0.5, 0.6) is 5.75 Å². The molecule has 1 atom stereocenters. The van der Waals surface area contributed by atoms with Crippen molar-refractivity contribution in [3.05, 3.63) is 65.7 Å². The first kappa shape index (κ1) is 19.4. The largest absolute Gasteiger partial charge is 0.453 e. The van der Waals surface area contributed by atoms with Gasteiger partial charge in [-0.1, -0.05) is 44.2 Å². The van der Waals surface area contributed by atoms with Crippen LogP contribution in [0.1, 0.15) is 36.5 Å². The first-order valence-corrected chi connectivity index (χ1v) is 8.72. The second-order valence-corrected chi connectivity index (χ2v) is 6.61. The van der Waals surface area contributed by atoms with Gasteiger partial charge in [-0.25, -0.2) is 4.39 Å². The second kappa shape index (κ2) is 8.45. The van der Waals surface area contributed by atoms with Crippen LogP contribution in [0.3, 0.4) is 0 Å². The average molecular weight is 364 g/mol. The predicted molar refractivity (Wildman–Crippen MR) is 99.8 cm³/mol. The zero-order valence-corrected chi connectivity index (χ0v) is 15.2. The van der Waals surface area contributed by atoms with Crippen LogP contribution >= 0.6 is 11.6 Å². The van der Waals surface area contributed by atoms with Gasteiger partial charge in [0.15, 0.2) is 17.4 Å². The normalized spacial score (nSPS) is 20.4. The van der Waals surface area contributed by atoms with Crippen LogP contribution in [0.4, 0.5) is 4.39 Å². The lowest BCUT2D eigenvalue weighted by Crippen LogP contribution is -2.33. The van der Waals surface area contributed by atoms with Crippen LogP contribution in [0, 0.1) is 5.41 Å². The molecule has 0 spiro atoms. The number of nitrogens with one attached hydrogen (secondary N) is 1. The van der Waals surface area contributed by atoms with Crippen molar-refractivity contribution in [3.63, 3.8) is 0 Å². The van der Waals surface area contributed by atoms with Crippen LogP contribution < -0.4 is 10.1 Å². The van der Waals surface area contributed by atoms with Gasteiger partial charge in [-0.2, -0.15) is 0 Å². The summed E-state index contributed by atoms with van der Waals surface area (Å²) in [7, 11) is 0. The third-order valence-electron chi connectivity index (χ3n) is 4.41. The summed E-state index contributed by atoms with van der Waals surface area (Å²) in [5.74, 6) is -0.557. The molecular weight excluding hydrogens is 341 g/mol. The number of hydrogen-bond acceptors (Lipinski definition) is 3. The maximum Gasteiger partial charge on any atom is 0.170 e. The minimum absolute atomic E-state index is 0.0635. The summed E-state index contributed by atoms with van der Waals surface area (Å²) in [4.78, 5) is 13.1. The molecule has 5 heteroatoms. The van der Waals surface area contributed by atoms with Crippen LogP contribution in [0.25, 0.3) is 0 Å². The summed E-state index contributed by atoms with van der Waals surface area (Å²) in [6, 6.07) is 4.84. The van der Waals surface area contributed by atoms with Gasteiger partial charge in [0.2, 0.25) is 0 Å². The van der Waals surface area contributed by atoms with Crippen LogP contribution in [-0.2, 0) is 0 Å². The fraction of sp³-hybridized carbons (Fsp3) is 0.350. The quantitative estimate of drug-likeness (QED) is 0.390. The summed E-state index contributed by atoms with van der Waals surface area (Å²) in [6.07, 6.45) is 5.00. The lowest BCUT2D eigenvalue weighted by Gasteiger charge is -2.26. The van der Waals surface area contributed by atoms with E-state index in [4.69, 9.17) is 16.3 Å². The summed E-state index contributed by atoms with van der Waals surface area (Å²) in [5, 5.41) is 3.57. The van der Waals surface area contributed by atoms with Gasteiger partial charge in [0.25, 0.3) is 0 Å². The number of carbonyl (C=O) groups excluding carboxylic acids is 1. The molecule has 25 heavy (non-hydrogen) atoms. The Bertz CT molecular complexity index is 706. The summed E-state index contributed by atoms with van der Waals surface area (Å²) in [6.45, 7) is 10.5. The molecular formula is C20H23ClFNO2. The lowest BCUT2D eigenvalue weighted by atomic mass is 9.76. The monoisotopic (exact) mass is 363 g/mol. The Hall–Kier alpha value is -1.91. The fourth-order valence-corrected chi connectivity index (χ4v) is 3.31. The Morgan fingerprint density at radius 2 is 2.28 bits per heavy atom. The molecule has 2 rings (SSSR count). The third kappa shape index (κ3) is 4.39. The van der Waals surface area contributed by atoms with Gasteiger partial charge in [0.1, 0.15) is 5.75 Å². The lowest BCUT2D eigenvalue weighted by molar-refractivity contribution is 0.0801. The van der Waals surface area contributed by atoms with Crippen molar-refractivity contribution >= 4 is 17.4 Å². The Labute approximate surface area is 153 Å². The Kier molecular flexibility index (Phi) is 6.57. The Morgan fingerprint density at radius 3 is 2.88 bits per heavy atom. The summed E-state index contributed by atoms with van der Waals surface area (Å²) < 4.78 is 19.1. The van der Waals surface area contributed by atoms with E-state index in [9.17, 15) is 9.18 Å². The van der Waals surface area contributed by atoms with Gasteiger partial charge in [-0.3, -0.25) is 4.79 Å². The molecule has 1 aromatic carbocycles. The number of allylic oxidation sites excluding steroid dienone is 3. The number of Topliss-reactive ketones (excluding diaryl/α,β-unsaturated/α-hetero) is 1. The van der Waals surface area contributed by atoms with Gasteiger partial charge < -0.3 is 10.1 Å². The highest BCUT2D eigenvalue weighted by molar-refractivity contribution is 6.32. The molecule has 134 valence electrons. The number of carbonyl (C=O) groups is 1. The minimum atomic E-state index is -0.648. The van der Waals surface area contributed by atoms with Gasteiger partial charge in [-0.05, 0) is 43.7 Å². The van der Waals surface area contributed by atoms with E-state index in [1.54, 1.807) is 18.2 Å². The molecule has 1 aromatic rings. The molecule has 1 heterocycles. The molecule has 0 aromatic heterocycles. The van der Waals surface area contributed by atoms with E-state index in [0.29, 0.717) is 12.1 Å². The Balaban J connectivity index is 2.29. The SMILES string of the molecule is C=C/C=C(/F)C(=C)Oc1cc(C(=O)C2(CCC)CCNC2)ccc1Cl. The van der Waals surface area contributed by atoms with Crippen molar-refractivity contribution in [2.45, 2.75) is 26.2 Å². The maximum atomic E-state index is 13.7. The molecule has 1 N–H and O–H groups in total. The smallest absolute Gasteiger partial charge is 0.170 e. The molecule has 0 saturated carbocycles. The number of ketones is 1. The van der Waals surface area contributed by atoms with E-state index in [-0.39, 0.29) is 22.3 Å². The van der Waals surface area contributed by atoms with Crippen molar-refractivity contribution in [1.29, 1.82) is 0 Å². The molecule has 1 unspecified atom stereocenters. The molecule has 0 amide bonds. The van der Waals surface area contributed by atoms with Gasteiger partial charge in [0.05, 0.1) is 5.02 Å². The molecule has 0 radical (unpaired) electrons. The first-order valence-electron chi connectivity index (χ1n) is 8.34. The van der Waals surface area contributed by atoms with Gasteiger partial charge in [-0.15, -0.1) is 0 Å². The fourth-order valence-electron chi connectivity index (χ4n) is 3.15. The van der Waals surface area contributed by atoms with E-state index < -0.39 is 11.2 Å². The zero-order valence-electron chi connectivity index (χ0n) is 14.4. The highest BCUT2D eigenvalue weighted by Crippen LogP contribution is 2.37. The van der Waals surface area contributed by atoms with Crippen molar-refractivity contribution in [2.24, 2.45) is 5.41 Å². The Morgan fingerprint density at radius 1 is 1.52 bits per heavy atom. The summed E-state index contributed by atoms with van der Waals surface area (Å²) in [5.41, 5.74) is 0.114. The van der Waals surface area contributed by atoms with Crippen molar-refractivity contribution in [2.75, 3.05) is 13.1 Å².